The van der Waals surface area contributed by atoms with Crippen molar-refractivity contribution in [2.75, 3.05) is 32.8 Å². The van der Waals surface area contributed by atoms with E-state index in [9.17, 15) is 23.2 Å². The van der Waals surface area contributed by atoms with Crippen molar-refractivity contribution in [2.24, 2.45) is 17.6 Å². The lowest BCUT2D eigenvalue weighted by atomic mass is 9.80. The van der Waals surface area contributed by atoms with Gasteiger partial charge in [-0.25, -0.2) is 28.2 Å². The number of hydrogen-bond acceptors (Lipinski definition) is 11. The molecule has 332 valence electrons. The fourth-order valence-electron chi connectivity index (χ4n) is 6.95. The van der Waals surface area contributed by atoms with Crippen LogP contribution in [0.15, 0.2) is 103 Å². The highest BCUT2D eigenvalue weighted by atomic mass is 19.1. The highest BCUT2D eigenvalue weighted by Crippen LogP contribution is 2.30. The summed E-state index contributed by atoms with van der Waals surface area (Å²) >= 11 is 0. The Balaban J connectivity index is 1.54. The molecule has 4 aromatic carbocycles. The third-order valence-electron chi connectivity index (χ3n) is 10.1. The average Bonchev–Trinajstić information content (AvgIpc) is 3.23. The first-order valence-corrected chi connectivity index (χ1v) is 20.7. The second-order valence-corrected chi connectivity index (χ2v) is 16.6. The van der Waals surface area contributed by atoms with E-state index in [0.29, 0.717) is 30.9 Å². The van der Waals surface area contributed by atoms with E-state index in [1.807, 2.05) is 18.2 Å². The van der Waals surface area contributed by atoms with Crippen LogP contribution < -0.4 is 16.5 Å². The fraction of sp³-hybridized carbons (Fsp3) is 0.404. The lowest BCUT2D eigenvalue weighted by molar-refractivity contribution is -0.131. The molecule has 1 aliphatic heterocycles. The number of ketones is 1. The van der Waals surface area contributed by atoms with Gasteiger partial charge in [0.2, 0.25) is 0 Å². The molecule has 0 radical (unpaired) electrons. The maximum Gasteiger partial charge on any atom is 0.422 e. The molecule has 1 fully saturated rings. The van der Waals surface area contributed by atoms with Crippen LogP contribution in [0.5, 0.6) is 0 Å². The van der Waals surface area contributed by atoms with Crippen LogP contribution in [0.4, 0.5) is 18.4 Å². The van der Waals surface area contributed by atoms with Crippen molar-refractivity contribution in [1.82, 2.24) is 20.7 Å². The lowest BCUT2D eigenvalue weighted by Crippen LogP contribution is -2.56. The van der Waals surface area contributed by atoms with Crippen molar-refractivity contribution >= 4 is 23.9 Å². The van der Waals surface area contributed by atoms with Gasteiger partial charge in [-0.15, -0.1) is 0 Å². The molecule has 15 heteroatoms. The van der Waals surface area contributed by atoms with E-state index in [1.165, 1.54) is 53.5 Å². The fourth-order valence-corrected chi connectivity index (χ4v) is 6.95. The largest absolute Gasteiger partial charge is 0.456 e. The molecule has 4 N–H and O–H groups in total. The van der Waals surface area contributed by atoms with E-state index in [4.69, 9.17) is 24.7 Å². The molecule has 13 nitrogen and oxygen atoms in total. The van der Waals surface area contributed by atoms with Crippen LogP contribution in [0.25, 0.3) is 0 Å². The van der Waals surface area contributed by atoms with Gasteiger partial charge in [-0.2, -0.15) is 0 Å². The number of Topliss-reactive ketones (excluding diaryl/α,β-unsaturated/α-hetero) is 1. The monoisotopic (exact) mass is 857 g/mol. The number of benzene rings is 4. The number of esters is 1. The molecular weight excluding hydrogens is 801 g/mol. The number of nitrogens with two attached hydrogens (primary N) is 1. The summed E-state index contributed by atoms with van der Waals surface area (Å²) in [7, 11) is 0. The lowest BCUT2D eigenvalue weighted by Gasteiger charge is -2.37. The number of nitrogens with one attached hydrogen (secondary N) is 2. The summed E-state index contributed by atoms with van der Waals surface area (Å²) in [5, 5.41) is 4.08. The molecule has 2 amide bonds. The van der Waals surface area contributed by atoms with E-state index in [1.54, 1.807) is 71.0 Å². The Morgan fingerprint density at radius 3 is 2.00 bits per heavy atom. The molecule has 1 saturated heterocycles. The Hall–Kier alpha value is -5.74. The molecule has 3 unspecified atom stereocenters. The number of ether oxygens (including phenoxy) is 4. The molecule has 0 aliphatic carbocycles. The molecule has 4 aromatic rings. The summed E-state index contributed by atoms with van der Waals surface area (Å²) in [5.74, 6) is -4.39. The second-order valence-electron chi connectivity index (χ2n) is 16.6. The molecule has 0 bridgehead atoms. The molecule has 0 spiro atoms. The first kappa shape index (κ1) is 47.3. The third kappa shape index (κ3) is 14.7. The van der Waals surface area contributed by atoms with Gasteiger partial charge in [0.25, 0.3) is 0 Å². The molecule has 0 saturated carbocycles. The standard InChI is InChI=1S/C47H57F2N5O8/c1-31(2)42(51-45(57)60-30-34-9-7-6-8-10-34)43(55)40(41(50)35-17-21-38(49)22-18-35)39(61-44(56)36-15-11-32(12-16-36)27-53-23-25-59-26-24-53)29-54(52-46(58)62-47(3,4)5)28-33-13-19-37(48)20-14-33/h6-22,31,39-42H,23-30,50H2,1-5H3,(H,51,57)(H,52,58)/t39?,40?,41?,42-/m0/s1. The number of rotatable bonds is 18. The Bertz CT molecular complexity index is 2060. The van der Waals surface area contributed by atoms with Crippen LogP contribution in [-0.4, -0.2) is 84.4 Å². The molecule has 1 heterocycles. The van der Waals surface area contributed by atoms with Gasteiger partial charge in [0.05, 0.1) is 37.3 Å². The SMILES string of the molecule is CC(C)[C@H](NC(=O)OCc1ccccc1)C(=O)C(C(CN(Cc1ccc(F)cc1)NC(=O)OC(C)(C)C)OC(=O)c1ccc(CN2CCOCC2)cc1)C(N)c1ccc(F)cc1. The minimum atomic E-state index is -1.44. The van der Waals surface area contributed by atoms with Crippen LogP contribution in [0, 0.1) is 23.5 Å². The predicted molar refractivity (Wildman–Crippen MR) is 228 cm³/mol. The molecule has 4 atom stereocenters. The third-order valence-corrected chi connectivity index (χ3v) is 10.1. The van der Waals surface area contributed by atoms with Gasteiger partial charge in [-0.1, -0.05) is 80.6 Å². The zero-order valence-electron chi connectivity index (χ0n) is 35.9. The maximum absolute atomic E-state index is 15.2. The zero-order chi connectivity index (χ0) is 44.8. The van der Waals surface area contributed by atoms with Gasteiger partial charge < -0.3 is 30.0 Å². The normalized spacial score (nSPS) is 15.3. The Labute approximate surface area is 361 Å². The zero-order valence-corrected chi connectivity index (χ0v) is 35.9. The predicted octanol–water partition coefficient (Wildman–Crippen LogP) is 7.10. The number of halogens is 2. The van der Waals surface area contributed by atoms with Gasteiger partial charge in [0.15, 0.2) is 5.78 Å². The summed E-state index contributed by atoms with van der Waals surface area (Å²) in [6, 6.07) is 24.2. The van der Waals surface area contributed by atoms with Crippen molar-refractivity contribution in [2.45, 2.75) is 78.1 Å². The first-order chi connectivity index (χ1) is 29.5. The summed E-state index contributed by atoms with van der Waals surface area (Å²) in [6.45, 7) is 11.5. The first-order valence-electron chi connectivity index (χ1n) is 20.7. The summed E-state index contributed by atoms with van der Waals surface area (Å²) in [4.78, 5) is 58.3. The van der Waals surface area contributed by atoms with Gasteiger partial charge in [0, 0.05) is 32.2 Å². The van der Waals surface area contributed by atoms with Gasteiger partial charge in [0.1, 0.15) is 29.9 Å². The van der Waals surface area contributed by atoms with Crippen LogP contribution in [-0.2, 0) is 43.4 Å². The Kier molecular flexibility index (Phi) is 17.1. The average molecular weight is 858 g/mol. The van der Waals surface area contributed by atoms with Crippen molar-refractivity contribution in [3.8, 4) is 0 Å². The molecule has 1 aliphatic rings. The van der Waals surface area contributed by atoms with Gasteiger partial charge in [-0.3, -0.25) is 15.1 Å². The molecule has 62 heavy (non-hydrogen) atoms. The minimum Gasteiger partial charge on any atom is -0.456 e. The van der Waals surface area contributed by atoms with E-state index in [0.717, 1.165) is 24.2 Å². The smallest absolute Gasteiger partial charge is 0.422 e. The van der Waals surface area contributed by atoms with Crippen molar-refractivity contribution in [1.29, 1.82) is 0 Å². The van der Waals surface area contributed by atoms with E-state index >= 15 is 4.79 Å². The number of alkyl carbamates (subject to hydrolysis) is 1. The summed E-state index contributed by atoms with van der Waals surface area (Å²) in [5.41, 5.74) is 11.5. The number of carbonyl (C=O) groups is 4. The second kappa shape index (κ2) is 22.4. The van der Waals surface area contributed by atoms with E-state index in [2.05, 4.69) is 15.6 Å². The number of carbonyl (C=O) groups excluding carboxylic acids is 4. The van der Waals surface area contributed by atoms with Crippen LogP contribution >= 0.6 is 0 Å². The Morgan fingerprint density at radius 1 is 0.806 bits per heavy atom. The van der Waals surface area contributed by atoms with Crippen LogP contribution in [0.1, 0.15) is 73.3 Å². The number of amides is 2. The number of morpholine rings is 1. The maximum atomic E-state index is 15.2. The van der Waals surface area contributed by atoms with Crippen LogP contribution in [0.3, 0.4) is 0 Å². The highest BCUT2D eigenvalue weighted by molar-refractivity contribution is 5.92. The van der Waals surface area contributed by atoms with Gasteiger partial charge in [-0.05, 0) is 85.3 Å². The molecule has 0 aromatic heterocycles. The van der Waals surface area contributed by atoms with Crippen molar-refractivity contribution < 1.29 is 46.9 Å². The molecule has 5 rings (SSSR count). The summed E-state index contributed by atoms with van der Waals surface area (Å²) in [6.07, 6.45) is -3.17. The van der Waals surface area contributed by atoms with E-state index < -0.39 is 71.2 Å². The quantitative estimate of drug-likeness (QED) is 0.0532. The topological polar surface area (TPSA) is 162 Å². The van der Waals surface area contributed by atoms with Gasteiger partial charge >= 0.3 is 18.2 Å². The highest BCUT2D eigenvalue weighted by Gasteiger charge is 2.43. The van der Waals surface area contributed by atoms with E-state index in [-0.39, 0.29) is 25.3 Å². The summed E-state index contributed by atoms with van der Waals surface area (Å²) < 4.78 is 51.1. The van der Waals surface area contributed by atoms with Crippen LogP contribution in [0.2, 0.25) is 0 Å². The van der Waals surface area contributed by atoms with Crippen molar-refractivity contribution in [3.63, 3.8) is 0 Å². The number of nitrogens with zero attached hydrogens (tertiary/aromatic N) is 2. The molecular formula is C47H57F2N5O8. The Morgan fingerprint density at radius 2 is 1.40 bits per heavy atom. The number of hydrogen-bond donors (Lipinski definition) is 3. The van der Waals surface area contributed by atoms with Crippen molar-refractivity contribution in [3.05, 3.63) is 143 Å². The minimum absolute atomic E-state index is 0.0613. The number of hydrazine groups is 1.